The van der Waals surface area contributed by atoms with Crippen LogP contribution in [-0.4, -0.2) is 31.1 Å². The minimum atomic E-state index is 0.551. The third kappa shape index (κ3) is 3.33. The molecule has 0 aliphatic carbocycles. The van der Waals surface area contributed by atoms with Crippen molar-refractivity contribution < 1.29 is 0 Å². The molecular weight excluding hydrogens is 300 g/mol. The fourth-order valence-electron chi connectivity index (χ4n) is 4.19. The highest BCUT2D eigenvalue weighted by molar-refractivity contribution is 7.19. The maximum absolute atomic E-state index is 3.77. The van der Waals surface area contributed by atoms with Crippen LogP contribution in [0.5, 0.6) is 0 Å². The van der Waals surface area contributed by atoms with Crippen LogP contribution in [0.2, 0.25) is 0 Å². The summed E-state index contributed by atoms with van der Waals surface area (Å²) in [5.74, 6) is 0.778. The SMILES string of the molecule is CC1CCCC(c2ccc3sc(C4CCN(C)CC4)cc3c2)N1. The minimum absolute atomic E-state index is 0.551. The lowest BCUT2D eigenvalue weighted by Gasteiger charge is -2.29. The van der Waals surface area contributed by atoms with E-state index in [9.17, 15) is 0 Å². The van der Waals surface area contributed by atoms with Crippen molar-refractivity contribution in [2.24, 2.45) is 0 Å². The van der Waals surface area contributed by atoms with Gasteiger partial charge in [0.05, 0.1) is 0 Å². The van der Waals surface area contributed by atoms with Gasteiger partial charge in [-0.1, -0.05) is 12.5 Å². The Kier molecular flexibility index (Phi) is 4.44. The van der Waals surface area contributed by atoms with Gasteiger partial charge in [-0.15, -0.1) is 11.3 Å². The van der Waals surface area contributed by atoms with Crippen molar-refractivity contribution in [3.05, 3.63) is 34.7 Å². The van der Waals surface area contributed by atoms with Crippen LogP contribution in [-0.2, 0) is 0 Å². The zero-order valence-electron chi connectivity index (χ0n) is 14.3. The molecule has 2 unspecified atom stereocenters. The summed E-state index contributed by atoms with van der Waals surface area (Å²) in [6.07, 6.45) is 6.58. The first kappa shape index (κ1) is 15.6. The predicted octanol–water partition coefficient (Wildman–Crippen LogP) is 4.91. The van der Waals surface area contributed by atoms with Crippen LogP contribution in [0.25, 0.3) is 10.1 Å². The van der Waals surface area contributed by atoms with Gasteiger partial charge < -0.3 is 10.2 Å². The number of hydrogen-bond donors (Lipinski definition) is 1. The average Bonchev–Trinajstić information content (AvgIpc) is 2.98. The molecule has 2 nitrogen and oxygen atoms in total. The van der Waals surface area contributed by atoms with E-state index in [0.29, 0.717) is 12.1 Å². The Morgan fingerprint density at radius 2 is 1.91 bits per heavy atom. The van der Waals surface area contributed by atoms with E-state index in [1.165, 1.54) is 60.8 Å². The first-order valence-corrected chi connectivity index (χ1v) is 9.98. The van der Waals surface area contributed by atoms with Crippen LogP contribution in [0.15, 0.2) is 24.3 Å². The molecular formula is C20H28N2S. The van der Waals surface area contributed by atoms with E-state index < -0.39 is 0 Å². The number of thiophene rings is 1. The highest BCUT2D eigenvalue weighted by Crippen LogP contribution is 2.37. The number of benzene rings is 1. The van der Waals surface area contributed by atoms with Gasteiger partial charge in [0.1, 0.15) is 0 Å². The summed E-state index contributed by atoms with van der Waals surface area (Å²) >= 11 is 2.02. The number of piperidine rings is 2. The molecule has 0 amide bonds. The Bertz CT molecular complexity index is 669. The van der Waals surface area contributed by atoms with Crippen molar-refractivity contribution >= 4 is 21.4 Å². The second-order valence-electron chi connectivity index (χ2n) is 7.57. The lowest BCUT2D eigenvalue weighted by atomic mass is 9.93. The lowest BCUT2D eigenvalue weighted by molar-refractivity contribution is 0.257. The van der Waals surface area contributed by atoms with Crippen molar-refractivity contribution in [1.29, 1.82) is 0 Å². The molecule has 2 atom stereocenters. The van der Waals surface area contributed by atoms with Crippen LogP contribution in [0.4, 0.5) is 0 Å². The van der Waals surface area contributed by atoms with Gasteiger partial charge in [-0.3, -0.25) is 0 Å². The van der Waals surface area contributed by atoms with E-state index in [2.05, 4.69) is 48.5 Å². The van der Waals surface area contributed by atoms with E-state index in [4.69, 9.17) is 0 Å². The Balaban J connectivity index is 1.57. The topological polar surface area (TPSA) is 15.3 Å². The van der Waals surface area contributed by atoms with Crippen molar-refractivity contribution in [1.82, 2.24) is 10.2 Å². The quantitative estimate of drug-likeness (QED) is 0.842. The molecule has 1 aromatic heterocycles. The van der Waals surface area contributed by atoms with Crippen molar-refractivity contribution in [3.8, 4) is 0 Å². The molecule has 2 saturated heterocycles. The van der Waals surface area contributed by atoms with Gasteiger partial charge in [0.25, 0.3) is 0 Å². The second-order valence-corrected chi connectivity index (χ2v) is 8.69. The first-order valence-electron chi connectivity index (χ1n) is 9.17. The molecule has 3 heterocycles. The van der Waals surface area contributed by atoms with Gasteiger partial charge in [-0.25, -0.2) is 0 Å². The van der Waals surface area contributed by atoms with Gasteiger partial charge in [-0.2, -0.15) is 0 Å². The summed E-state index contributed by atoms with van der Waals surface area (Å²) in [5.41, 5.74) is 1.48. The third-order valence-electron chi connectivity index (χ3n) is 5.70. The fraction of sp³-hybridized carbons (Fsp3) is 0.600. The lowest BCUT2D eigenvalue weighted by Crippen LogP contribution is -2.34. The van der Waals surface area contributed by atoms with E-state index >= 15 is 0 Å². The van der Waals surface area contributed by atoms with Gasteiger partial charge in [-0.05, 0) is 87.8 Å². The molecule has 0 bridgehead atoms. The van der Waals surface area contributed by atoms with Gasteiger partial charge >= 0.3 is 0 Å². The van der Waals surface area contributed by atoms with E-state index in [0.717, 1.165) is 5.92 Å². The highest BCUT2D eigenvalue weighted by Gasteiger charge is 2.22. The maximum Gasteiger partial charge on any atom is 0.0345 e. The molecule has 2 aliphatic rings. The van der Waals surface area contributed by atoms with Gasteiger partial charge in [0.15, 0.2) is 0 Å². The molecule has 2 fully saturated rings. The van der Waals surface area contributed by atoms with E-state index in [1.807, 2.05) is 11.3 Å². The standard InChI is InChI=1S/C20H28N2S/c1-14-4-3-5-18(21-14)16-6-7-19-17(12-16)13-20(23-19)15-8-10-22(2)11-9-15/h6-7,12-15,18,21H,3-5,8-11H2,1-2H3. The Morgan fingerprint density at radius 1 is 1.09 bits per heavy atom. The molecule has 4 rings (SSSR count). The van der Waals surface area contributed by atoms with Crippen LogP contribution < -0.4 is 5.32 Å². The zero-order valence-corrected chi connectivity index (χ0v) is 15.2. The predicted molar refractivity (Wildman–Crippen MR) is 100 cm³/mol. The summed E-state index contributed by atoms with van der Waals surface area (Å²) in [4.78, 5) is 4.06. The van der Waals surface area contributed by atoms with Crippen LogP contribution in [0, 0.1) is 0 Å². The average molecular weight is 329 g/mol. The summed E-state index contributed by atoms with van der Waals surface area (Å²) in [5, 5.41) is 5.23. The Labute approximate surface area is 143 Å². The molecule has 124 valence electrons. The van der Waals surface area contributed by atoms with Gasteiger partial charge in [0.2, 0.25) is 0 Å². The van der Waals surface area contributed by atoms with Gasteiger partial charge in [0, 0.05) is 21.7 Å². The number of likely N-dealkylation sites (tertiary alicyclic amines) is 1. The van der Waals surface area contributed by atoms with Crippen LogP contribution >= 0.6 is 11.3 Å². The molecule has 0 spiro atoms. The summed E-state index contributed by atoms with van der Waals surface area (Å²) in [7, 11) is 2.24. The summed E-state index contributed by atoms with van der Waals surface area (Å²) in [6, 6.07) is 10.8. The summed E-state index contributed by atoms with van der Waals surface area (Å²) < 4.78 is 1.46. The van der Waals surface area contributed by atoms with Crippen molar-refractivity contribution in [2.75, 3.05) is 20.1 Å². The Hall–Kier alpha value is -0.900. The summed E-state index contributed by atoms with van der Waals surface area (Å²) in [6.45, 7) is 4.80. The molecule has 1 N–H and O–H groups in total. The Morgan fingerprint density at radius 3 is 2.70 bits per heavy atom. The number of nitrogens with zero attached hydrogens (tertiary/aromatic N) is 1. The number of hydrogen-bond acceptors (Lipinski definition) is 3. The number of rotatable bonds is 2. The smallest absolute Gasteiger partial charge is 0.0345 e. The van der Waals surface area contributed by atoms with Crippen LogP contribution in [0.3, 0.4) is 0 Å². The normalized spacial score (nSPS) is 27.6. The fourth-order valence-corrected chi connectivity index (χ4v) is 5.41. The maximum atomic E-state index is 3.77. The second kappa shape index (κ2) is 6.54. The molecule has 3 heteroatoms. The molecule has 0 saturated carbocycles. The number of fused-ring (bicyclic) bond motifs is 1. The minimum Gasteiger partial charge on any atom is -0.307 e. The van der Waals surface area contributed by atoms with E-state index in [-0.39, 0.29) is 0 Å². The van der Waals surface area contributed by atoms with E-state index in [1.54, 1.807) is 4.88 Å². The zero-order chi connectivity index (χ0) is 15.8. The van der Waals surface area contributed by atoms with Crippen LogP contribution in [0.1, 0.15) is 61.4 Å². The third-order valence-corrected chi connectivity index (χ3v) is 6.98. The molecule has 1 aromatic carbocycles. The molecule has 23 heavy (non-hydrogen) atoms. The number of nitrogens with one attached hydrogen (secondary N) is 1. The molecule has 2 aliphatic heterocycles. The monoisotopic (exact) mass is 328 g/mol. The molecule has 2 aromatic rings. The highest BCUT2D eigenvalue weighted by atomic mass is 32.1. The largest absolute Gasteiger partial charge is 0.307 e. The molecule has 0 radical (unpaired) electrons. The van der Waals surface area contributed by atoms with Crippen molar-refractivity contribution in [2.45, 2.75) is 57.0 Å². The van der Waals surface area contributed by atoms with Crippen molar-refractivity contribution in [3.63, 3.8) is 0 Å². The first-order chi connectivity index (χ1) is 11.2.